The summed E-state index contributed by atoms with van der Waals surface area (Å²) in [4.78, 5) is 69.5. The fourth-order valence-electron chi connectivity index (χ4n) is 9.65. The van der Waals surface area contributed by atoms with E-state index in [2.05, 4.69) is 34.2 Å². The Morgan fingerprint density at radius 2 is 1.47 bits per heavy atom. The number of nitrogens with zero attached hydrogens (tertiary/aromatic N) is 4. The molecule has 4 heterocycles. The Labute approximate surface area is 336 Å². The van der Waals surface area contributed by atoms with Crippen LogP contribution in [0.25, 0.3) is 0 Å². The first-order valence-electron chi connectivity index (χ1n) is 20.0. The van der Waals surface area contributed by atoms with Gasteiger partial charge >= 0.3 is 0 Å². The van der Waals surface area contributed by atoms with Crippen LogP contribution in [-0.2, 0) is 29.2 Å². The van der Waals surface area contributed by atoms with E-state index in [0.717, 1.165) is 90.6 Å². The molecule has 0 bridgehead atoms. The van der Waals surface area contributed by atoms with Gasteiger partial charge in [0.05, 0.1) is 27.8 Å². The third kappa shape index (κ3) is 7.20. The predicted molar refractivity (Wildman–Crippen MR) is 209 cm³/mol. The van der Waals surface area contributed by atoms with Crippen LogP contribution in [0.5, 0.6) is 5.75 Å². The van der Waals surface area contributed by atoms with Crippen molar-refractivity contribution >= 4 is 41.1 Å². The van der Waals surface area contributed by atoms with Crippen molar-refractivity contribution in [2.24, 2.45) is 11.8 Å². The van der Waals surface area contributed by atoms with E-state index >= 15 is 0 Å². The highest BCUT2D eigenvalue weighted by Crippen LogP contribution is 2.37. The van der Waals surface area contributed by atoms with Crippen LogP contribution >= 0.6 is 11.6 Å². The largest absolute Gasteiger partial charge is 0.490 e. The summed E-state index contributed by atoms with van der Waals surface area (Å²) in [5.74, 6) is 6.67. The topological polar surface area (TPSA) is 140 Å². The lowest BCUT2D eigenvalue weighted by molar-refractivity contribution is -0.136. The summed E-state index contributed by atoms with van der Waals surface area (Å²) in [7, 11) is 0. The van der Waals surface area contributed by atoms with Crippen molar-refractivity contribution in [2.75, 3.05) is 6.54 Å². The molecule has 4 aliphatic heterocycles. The van der Waals surface area contributed by atoms with Crippen LogP contribution in [0.15, 0.2) is 48.5 Å². The lowest BCUT2D eigenvalue weighted by Crippen LogP contribution is -2.54. The van der Waals surface area contributed by atoms with Gasteiger partial charge in [-0.05, 0) is 123 Å². The molecule has 0 aromatic heterocycles. The molecule has 11 nitrogen and oxygen atoms in total. The van der Waals surface area contributed by atoms with E-state index in [-0.39, 0.29) is 36.8 Å². The van der Waals surface area contributed by atoms with Gasteiger partial charge in [0.25, 0.3) is 17.7 Å². The van der Waals surface area contributed by atoms with Gasteiger partial charge in [-0.25, -0.2) is 0 Å². The molecule has 3 aromatic carbocycles. The number of amides is 5. The Balaban J connectivity index is 0.743. The monoisotopic (exact) mass is 783 g/mol. The zero-order chi connectivity index (χ0) is 39.4. The van der Waals surface area contributed by atoms with Crippen LogP contribution in [0.4, 0.5) is 0 Å². The van der Waals surface area contributed by atoms with Gasteiger partial charge in [-0.2, -0.15) is 5.26 Å². The van der Waals surface area contributed by atoms with Crippen molar-refractivity contribution in [2.45, 2.75) is 102 Å². The van der Waals surface area contributed by atoms with Gasteiger partial charge < -0.3 is 9.64 Å². The molecule has 290 valence electrons. The number of carbonyl (C=O) groups excluding carboxylic acids is 5. The number of carbonyl (C=O) groups is 5. The number of halogens is 1. The van der Waals surface area contributed by atoms with Gasteiger partial charge in [0.2, 0.25) is 11.8 Å². The first-order valence-corrected chi connectivity index (χ1v) is 20.4. The van der Waals surface area contributed by atoms with Crippen molar-refractivity contribution in [3.63, 3.8) is 0 Å². The van der Waals surface area contributed by atoms with Crippen molar-refractivity contribution in [1.82, 2.24) is 20.0 Å². The molecule has 57 heavy (non-hydrogen) atoms. The summed E-state index contributed by atoms with van der Waals surface area (Å²) in [5.41, 5.74) is 5.96. The number of imide groups is 2. The van der Waals surface area contributed by atoms with E-state index in [4.69, 9.17) is 21.6 Å². The molecule has 9 rings (SSSR count). The molecule has 0 radical (unpaired) electrons. The number of hydrogen-bond donors (Lipinski definition) is 1. The Morgan fingerprint density at radius 1 is 0.754 bits per heavy atom. The first kappa shape index (κ1) is 37.1. The second kappa shape index (κ2) is 15.1. The van der Waals surface area contributed by atoms with Crippen LogP contribution in [0.2, 0.25) is 5.02 Å². The summed E-state index contributed by atoms with van der Waals surface area (Å²) in [6.45, 7) is 2.98. The lowest BCUT2D eigenvalue weighted by Gasteiger charge is -2.34. The van der Waals surface area contributed by atoms with Crippen molar-refractivity contribution in [1.29, 1.82) is 5.26 Å². The minimum absolute atomic E-state index is 0.0462. The average Bonchev–Trinajstić information content (AvgIpc) is 3.83. The number of rotatable bonds is 6. The molecule has 5 amide bonds. The van der Waals surface area contributed by atoms with E-state index in [1.54, 1.807) is 18.2 Å². The first-order chi connectivity index (χ1) is 27.6. The van der Waals surface area contributed by atoms with Crippen LogP contribution in [0.1, 0.15) is 123 Å². The highest BCUT2D eigenvalue weighted by molar-refractivity contribution is 6.31. The summed E-state index contributed by atoms with van der Waals surface area (Å²) in [6.07, 6.45) is 7.95. The summed E-state index contributed by atoms with van der Waals surface area (Å²) >= 11 is 6.19. The Kier molecular flexibility index (Phi) is 9.84. The van der Waals surface area contributed by atoms with Crippen molar-refractivity contribution in [3.05, 3.63) is 98.1 Å². The van der Waals surface area contributed by atoms with E-state index in [1.807, 2.05) is 29.2 Å². The van der Waals surface area contributed by atoms with Gasteiger partial charge in [-0.15, -0.1) is 0 Å². The minimum Gasteiger partial charge on any atom is -0.490 e. The zero-order valence-electron chi connectivity index (χ0n) is 31.5. The lowest BCUT2D eigenvalue weighted by atomic mass is 9.82. The molecule has 3 aromatic rings. The summed E-state index contributed by atoms with van der Waals surface area (Å²) in [6, 6.07) is 16.1. The summed E-state index contributed by atoms with van der Waals surface area (Å²) < 4.78 is 6.17. The molecule has 6 aliphatic rings. The summed E-state index contributed by atoms with van der Waals surface area (Å²) in [5, 5.41) is 11.8. The van der Waals surface area contributed by atoms with Crippen LogP contribution in [0.3, 0.4) is 0 Å². The number of benzene rings is 3. The fourth-order valence-corrected chi connectivity index (χ4v) is 9.86. The number of piperidine rings is 1. The molecule has 2 saturated carbocycles. The minimum atomic E-state index is -0.959. The molecular formula is C45H42ClN5O6. The number of nitriles is 1. The molecule has 1 saturated heterocycles. The Morgan fingerprint density at radius 3 is 2.14 bits per heavy atom. The molecule has 3 fully saturated rings. The predicted octanol–water partition coefficient (Wildman–Crippen LogP) is 6.13. The van der Waals surface area contributed by atoms with Gasteiger partial charge in [-0.3, -0.25) is 39.1 Å². The Hall–Kier alpha value is -5.49. The van der Waals surface area contributed by atoms with Gasteiger partial charge in [0, 0.05) is 61.8 Å². The van der Waals surface area contributed by atoms with Gasteiger partial charge in [-0.1, -0.05) is 23.4 Å². The van der Waals surface area contributed by atoms with Crippen LogP contribution in [0, 0.1) is 35.0 Å². The van der Waals surface area contributed by atoms with Crippen molar-refractivity contribution < 1.29 is 28.7 Å². The number of nitrogens with one attached hydrogen (secondary N) is 1. The van der Waals surface area contributed by atoms with Crippen LogP contribution < -0.4 is 10.1 Å². The van der Waals surface area contributed by atoms with E-state index in [9.17, 15) is 24.0 Å². The molecular weight excluding hydrogens is 742 g/mol. The highest BCUT2D eigenvalue weighted by atomic mass is 35.5. The maximum atomic E-state index is 13.4. The van der Waals surface area contributed by atoms with E-state index in [0.29, 0.717) is 58.9 Å². The van der Waals surface area contributed by atoms with Crippen LogP contribution in [-0.4, -0.2) is 69.0 Å². The number of fused-ring (bicyclic) bond motifs is 3. The maximum absolute atomic E-state index is 13.4. The maximum Gasteiger partial charge on any atom is 0.262 e. The normalized spacial score (nSPS) is 25.7. The molecule has 0 spiro atoms. The molecule has 12 heteroatoms. The SMILES string of the molecule is N#Cc1ccc(OC2CCC(N3Cc4cc(C#CC5CCC(CN6Cc7cc8c(cc7C6)C(=O)N(C6CCC(=O)NC6=O)C8=O)CC5)ccc4C3=O)CC2)cc1Cl. The molecule has 2 aliphatic carbocycles. The fraction of sp³-hybridized carbons (Fsp3) is 0.422. The standard InChI is InChI=1S/C45H42ClN5O6/c46-39-20-35(11-8-29(39)21-47)57-34-12-9-33(10-13-34)50-25-32-17-27(7-14-36(32)43(50)54)4-1-26-2-5-28(6-3-26)22-49-23-30-18-37-38(19-31(30)24-49)45(56)51(44(37)55)40-15-16-41(52)48-42(40)53/h7-8,11,14,17-20,26,28,33-34,40H,2-3,5-6,9-10,12-13,15-16,22-25H2,(H,48,52,53). The highest BCUT2D eigenvalue weighted by Gasteiger charge is 2.45. The number of ether oxygens (including phenoxy) is 1. The molecule has 1 unspecified atom stereocenters. The second-order valence-corrected chi connectivity index (χ2v) is 16.8. The third-order valence-corrected chi connectivity index (χ3v) is 13.0. The zero-order valence-corrected chi connectivity index (χ0v) is 32.3. The Bertz CT molecular complexity index is 2280. The van der Waals surface area contributed by atoms with Gasteiger partial charge in [0.1, 0.15) is 17.9 Å². The average molecular weight is 784 g/mol. The molecule has 1 N–H and O–H groups in total. The molecule has 1 atom stereocenters. The van der Waals surface area contributed by atoms with E-state index in [1.165, 1.54) is 0 Å². The smallest absolute Gasteiger partial charge is 0.262 e. The quantitative estimate of drug-likeness (QED) is 0.233. The third-order valence-electron chi connectivity index (χ3n) is 12.7. The van der Waals surface area contributed by atoms with E-state index < -0.39 is 23.8 Å². The number of hydrogen-bond acceptors (Lipinski definition) is 8. The second-order valence-electron chi connectivity index (χ2n) is 16.4. The van der Waals surface area contributed by atoms with Crippen molar-refractivity contribution in [3.8, 4) is 23.7 Å². The van der Waals surface area contributed by atoms with Gasteiger partial charge in [0.15, 0.2) is 0 Å².